The molecule has 0 saturated heterocycles. The van der Waals surface area contributed by atoms with E-state index in [0.29, 0.717) is 6.42 Å². The lowest BCUT2D eigenvalue weighted by atomic mass is 10.1. The standard InChI is InChI=1S/C21H23N7S/c1-3-9-27-15-22-21(25-27)17-7-5-6-16(11-17)12-19-20(29)8-10-28(24-19)18-13-23-26(4-2)14-18/h5-8,10-11,13-15H,3-4,9,12H2,1-2H3. The van der Waals surface area contributed by atoms with Crippen molar-refractivity contribution in [3.05, 3.63) is 71.0 Å². The van der Waals surface area contributed by atoms with Crippen LogP contribution in [0.1, 0.15) is 31.5 Å². The third kappa shape index (κ3) is 4.32. The SMILES string of the molecule is CCCn1cnc(-c2cccc(Cc3nn(-c4cnn(CC)c4)ccc3=S)c2)n1. The van der Waals surface area contributed by atoms with Crippen molar-refractivity contribution in [2.24, 2.45) is 0 Å². The molecule has 8 heteroatoms. The van der Waals surface area contributed by atoms with Gasteiger partial charge in [0.2, 0.25) is 0 Å². The topological polar surface area (TPSA) is 66.3 Å². The van der Waals surface area contributed by atoms with Crippen LogP contribution >= 0.6 is 12.2 Å². The van der Waals surface area contributed by atoms with Crippen LogP contribution in [0.5, 0.6) is 0 Å². The van der Waals surface area contributed by atoms with Gasteiger partial charge in [0, 0.05) is 31.3 Å². The monoisotopic (exact) mass is 405 g/mol. The highest BCUT2D eigenvalue weighted by Gasteiger charge is 2.08. The lowest BCUT2D eigenvalue weighted by Crippen LogP contribution is -2.05. The molecule has 0 unspecified atom stereocenters. The molecule has 0 bridgehead atoms. The van der Waals surface area contributed by atoms with E-state index >= 15 is 0 Å². The highest BCUT2D eigenvalue weighted by molar-refractivity contribution is 7.71. The number of nitrogens with zero attached hydrogens (tertiary/aromatic N) is 7. The molecule has 0 spiro atoms. The van der Waals surface area contributed by atoms with Crippen LogP contribution in [-0.2, 0) is 19.5 Å². The molecular weight excluding hydrogens is 382 g/mol. The van der Waals surface area contributed by atoms with E-state index in [-0.39, 0.29) is 0 Å². The Morgan fingerprint density at radius 3 is 2.76 bits per heavy atom. The fraction of sp³-hybridized carbons (Fsp3) is 0.286. The zero-order valence-electron chi connectivity index (χ0n) is 16.6. The van der Waals surface area contributed by atoms with Crippen LogP contribution < -0.4 is 0 Å². The molecule has 148 valence electrons. The van der Waals surface area contributed by atoms with Crippen LogP contribution in [0.15, 0.2) is 55.2 Å². The van der Waals surface area contributed by atoms with Crippen LogP contribution in [0.4, 0.5) is 0 Å². The van der Waals surface area contributed by atoms with Crippen molar-refractivity contribution < 1.29 is 0 Å². The van der Waals surface area contributed by atoms with Gasteiger partial charge in [-0.1, -0.05) is 37.3 Å². The van der Waals surface area contributed by atoms with Gasteiger partial charge in [-0.2, -0.15) is 15.3 Å². The lowest BCUT2D eigenvalue weighted by Gasteiger charge is -2.07. The Bertz CT molecular complexity index is 1170. The van der Waals surface area contributed by atoms with Crippen LogP contribution in [-0.4, -0.2) is 34.3 Å². The van der Waals surface area contributed by atoms with Crippen LogP contribution in [0.2, 0.25) is 0 Å². The van der Waals surface area contributed by atoms with E-state index in [9.17, 15) is 0 Å². The molecule has 0 N–H and O–H groups in total. The van der Waals surface area contributed by atoms with Crippen molar-refractivity contribution >= 4 is 12.2 Å². The predicted octanol–water partition coefficient (Wildman–Crippen LogP) is 4.08. The minimum absolute atomic E-state index is 0.644. The zero-order valence-corrected chi connectivity index (χ0v) is 17.4. The van der Waals surface area contributed by atoms with Crippen molar-refractivity contribution in [1.29, 1.82) is 0 Å². The molecule has 0 aliphatic carbocycles. The van der Waals surface area contributed by atoms with E-state index in [1.165, 1.54) is 0 Å². The third-order valence-electron chi connectivity index (χ3n) is 4.63. The number of aromatic nitrogens is 7. The van der Waals surface area contributed by atoms with Gasteiger partial charge in [0.15, 0.2) is 5.82 Å². The molecule has 4 aromatic rings. The van der Waals surface area contributed by atoms with Gasteiger partial charge in [-0.25, -0.2) is 9.67 Å². The number of aryl methyl sites for hydroxylation is 2. The Hall–Kier alpha value is -3.13. The molecule has 0 amide bonds. The van der Waals surface area contributed by atoms with Crippen molar-refractivity contribution in [3.8, 4) is 17.1 Å². The third-order valence-corrected chi connectivity index (χ3v) is 5.01. The molecule has 0 radical (unpaired) electrons. The van der Waals surface area contributed by atoms with E-state index in [4.69, 9.17) is 17.3 Å². The molecule has 3 heterocycles. The van der Waals surface area contributed by atoms with Crippen molar-refractivity contribution in [3.63, 3.8) is 0 Å². The Balaban J connectivity index is 1.60. The Morgan fingerprint density at radius 2 is 1.97 bits per heavy atom. The molecule has 29 heavy (non-hydrogen) atoms. The molecule has 3 aromatic heterocycles. The first-order chi connectivity index (χ1) is 14.2. The molecule has 4 rings (SSSR count). The summed E-state index contributed by atoms with van der Waals surface area (Å²) in [7, 11) is 0. The predicted molar refractivity (Wildman–Crippen MR) is 114 cm³/mol. The highest BCUT2D eigenvalue weighted by atomic mass is 32.1. The summed E-state index contributed by atoms with van der Waals surface area (Å²) in [4.78, 5) is 4.44. The first-order valence-corrected chi connectivity index (χ1v) is 10.2. The Morgan fingerprint density at radius 1 is 1.07 bits per heavy atom. The number of benzene rings is 1. The minimum Gasteiger partial charge on any atom is -0.271 e. The van der Waals surface area contributed by atoms with Gasteiger partial charge in [-0.15, -0.1) is 0 Å². The summed E-state index contributed by atoms with van der Waals surface area (Å²) in [5, 5.41) is 13.6. The fourth-order valence-electron chi connectivity index (χ4n) is 3.13. The maximum Gasteiger partial charge on any atom is 0.181 e. The normalized spacial score (nSPS) is 11.1. The second kappa shape index (κ2) is 8.48. The largest absolute Gasteiger partial charge is 0.271 e. The van der Waals surface area contributed by atoms with Gasteiger partial charge in [-0.05, 0) is 31.0 Å². The molecule has 0 aliphatic rings. The Kier molecular flexibility index (Phi) is 5.62. The molecule has 0 fully saturated rings. The number of hydrogen-bond donors (Lipinski definition) is 0. The quantitative estimate of drug-likeness (QED) is 0.434. The van der Waals surface area contributed by atoms with Crippen molar-refractivity contribution in [2.75, 3.05) is 0 Å². The molecule has 1 aromatic carbocycles. The van der Waals surface area contributed by atoms with Gasteiger partial charge < -0.3 is 0 Å². The fourth-order valence-corrected chi connectivity index (χ4v) is 3.31. The maximum absolute atomic E-state index is 5.52. The van der Waals surface area contributed by atoms with Gasteiger partial charge >= 0.3 is 0 Å². The summed E-state index contributed by atoms with van der Waals surface area (Å²) in [6, 6.07) is 10.2. The second-order valence-electron chi connectivity index (χ2n) is 6.83. The first-order valence-electron chi connectivity index (χ1n) is 9.76. The molecular formula is C21H23N7S. The van der Waals surface area contributed by atoms with E-state index in [1.54, 1.807) is 6.33 Å². The molecule has 0 saturated carbocycles. The summed E-state index contributed by atoms with van der Waals surface area (Å²) in [6.07, 6.45) is 9.11. The summed E-state index contributed by atoms with van der Waals surface area (Å²) in [6.45, 7) is 5.87. The van der Waals surface area contributed by atoms with Crippen LogP contribution in [0.25, 0.3) is 17.1 Å². The summed E-state index contributed by atoms with van der Waals surface area (Å²) in [5.41, 5.74) is 3.89. The van der Waals surface area contributed by atoms with Gasteiger partial charge in [-0.3, -0.25) is 9.36 Å². The van der Waals surface area contributed by atoms with Crippen molar-refractivity contribution in [1.82, 2.24) is 34.3 Å². The minimum atomic E-state index is 0.644. The lowest BCUT2D eigenvalue weighted by molar-refractivity contribution is 0.602. The van der Waals surface area contributed by atoms with E-state index in [0.717, 1.165) is 52.4 Å². The average Bonchev–Trinajstić information content (AvgIpc) is 3.40. The van der Waals surface area contributed by atoms with Crippen molar-refractivity contribution in [2.45, 2.75) is 39.8 Å². The van der Waals surface area contributed by atoms with Gasteiger partial charge in [0.25, 0.3) is 0 Å². The number of rotatable bonds is 7. The van der Waals surface area contributed by atoms with E-state index in [2.05, 4.69) is 41.2 Å². The van der Waals surface area contributed by atoms with Crippen LogP contribution in [0.3, 0.4) is 0 Å². The summed E-state index contributed by atoms with van der Waals surface area (Å²) < 4.78 is 6.32. The van der Waals surface area contributed by atoms with Gasteiger partial charge in [0.1, 0.15) is 12.0 Å². The second-order valence-corrected chi connectivity index (χ2v) is 7.27. The summed E-state index contributed by atoms with van der Waals surface area (Å²) in [5.74, 6) is 0.738. The Labute approximate surface area is 174 Å². The molecule has 0 aliphatic heterocycles. The van der Waals surface area contributed by atoms with E-state index < -0.39 is 0 Å². The van der Waals surface area contributed by atoms with Gasteiger partial charge in [0.05, 0.1) is 22.6 Å². The molecule has 0 atom stereocenters. The first kappa shape index (κ1) is 19.2. The highest BCUT2D eigenvalue weighted by Crippen LogP contribution is 2.19. The number of hydrogen-bond acceptors (Lipinski definition) is 5. The average molecular weight is 406 g/mol. The molecule has 7 nitrogen and oxygen atoms in total. The maximum atomic E-state index is 5.52. The smallest absolute Gasteiger partial charge is 0.181 e. The summed E-state index contributed by atoms with van der Waals surface area (Å²) >= 11 is 5.52. The zero-order chi connectivity index (χ0) is 20.2. The van der Waals surface area contributed by atoms with E-state index in [1.807, 2.05) is 50.8 Å². The van der Waals surface area contributed by atoms with Crippen LogP contribution in [0, 0.1) is 4.51 Å².